The van der Waals surface area contributed by atoms with E-state index in [0.29, 0.717) is 6.61 Å². The van der Waals surface area contributed by atoms with E-state index in [9.17, 15) is 5.11 Å². The first-order chi connectivity index (χ1) is 9.81. The van der Waals surface area contributed by atoms with Crippen molar-refractivity contribution in [1.29, 1.82) is 0 Å². The Kier molecular flexibility index (Phi) is 4.76. The van der Waals surface area contributed by atoms with Crippen LogP contribution in [-0.4, -0.2) is 19.0 Å². The van der Waals surface area contributed by atoms with E-state index in [4.69, 9.17) is 9.47 Å². The van der Waals surface area contributed by atoms with Crippen LogP contribution in [-0.2, 0) is 33.5 Å². The lowest BCUT2D eigenvalue weighted by Crippen LogP contribution is -2.34. The van der Waals surface area contributed by atoms with Crippen molar-refractivity contribution in [3.05, 3.63) is 34.4 Å². The first-order valence-corrected chi connectivity index (χ1v) is 7.66. The molecule has 0 saturated carbocycles. The largest absolute Gasteiger partial charge is 0.392 e. The van der Waals surface area contributed by atoms with E-state index in [1.165, 1.54) is 24.0 Å². The second kappa shape index (κ2) is 6.07. The average molecular weight is 292 g/mol. The predicted molar refractivity (Wildman–Crippen MR) is 84.3 cm³/mol. The Labute approximate surface area is 128 Å². The molecule has 21 heavy (non-hydrogen) atoms. The van der Waals surface area contributed by atoms with Crippen molar-refractivity contribution in [3.63, 3.8) is 0 Å². The van der Waals surface area contributed by atoms with Gasteiger partial charge in [-0.25, -0.2) is 0 Å². The topological polar surface area (TPSA) is 38.7 Å². The summed E-state index contributed by atoms with van der Waals surface area (Å²) in [4.78, 5) is 0. The summed E-state index contributed by atoms with van der Waals surface area (Å²) < 4.78 is 10.4. The van der Waals surface area contributed by atoms with Gasteiger partial charge in [-0.3, -0.25) is 0 Å². The van der Waals surface area contributed by atoms with Gasteiger partial charge >= 0.3 is 0 Å². The zero-order chi connectivity index (χ0) is 15.7. The average Bonchev–Trinajstić information content (AvgIpc) is 2.44. The molecule has 1 aromatic carbocycles. The molecule has 0 fully saturated rings. The molecule has 0 bridgehead atoms. The van der Waals surface area contributed by atoms with Gasteiger partial charge in [-0.15, -0.1) is 0 Å². The van der Waals surface area contributed by atoms with Gasteiger partial charge in [-0.05, 0) is 45.9 Å². The van der Waals surface area contributed by atoms with Crippen molar-refractivity contribution in [2.45, 2.75) is 64.6 Å². The Morgan fingerprint density at radius 3 is 2.00 bits per heavy atom. The molecule has 1 aliphatic rings. The van der Waals surface area contributed by atoms with Crippen molar-refractivity contribution in [2.24, 2.45) is 0 Å². The fraction of sp³-hybridized carbons (Fsp3) is 0.667. The summed E-state index contributed by atoms with van der Waals surface area (Å²) in [7, 11) is 1.62. The molecule has 3 heteroatoms. The smallest absolute Gasteiger partial charge is 0.146 e. The first kappa shape index (κ1) is 16.5. The van der Waals surface area contributed by atoms with Crippen LogP contribution < -0.4 is 0 Å². The van der Waals surface area contributed by atoms with Crippen LogP contribution in [0.2, 0.25) is 0 Å². The minimum absolute atomic E-state index is 0.0511. The molecule has 1 aromatic rings. The normalized spacial score (nSPS) is 19.3. The Morgan fingerprint density at radius 2 is 1.52 bits per heavy atom. The maximum absolute atomic E-state index is 9.69. The van der Waals surface area contributed by atoms with Crippen molar-refractivity contribution < 1.29 is 14.6 Å². The second-order valence-corrected chi connectivity index (χ2v) is 7.35. The van der Waals surface area contributed by atoms with Crippen LogP contribution in [0.15, 0.2) is 12.1 Å². The summed E-state index contributed by atoms with van der Waals surface area (Å²) in [5.41, 5.74) is 5.15. The summed E-state index contributed by atoms with van der Waals surface area (Å²) in [6.45, 7) is 10.0. The fourth-order valence-electron chi connectivity index (χ4n) is 3.22. The van der Waals surface area contributed by atoms with Crippen molar-refractivity contribution in [2.75, 3.05) is 13.9 Å². The van der Waals surface area contributed by atoms with E-state index in [0.717, 1.165) is 11.1 Å². The third-order valence-corrected chi connectivity index (χ3v) is 4.80. The van der Waals surface area contributed by atoms with Gasteiger partial charge in [0.15, 0.2) is 0 Å². The van der Waals surface area contributed by atoms with Crippen LogP contribution in [0.5, 0.6) is 0 Å². The number of rotatable bonds is 5. The van der Waals surface area contributed by atoms with E-state index in [2.05, 4.69) is 39.8 Å². The third-order valence-electron chi connectivity index (χ3n) is 4.80. The highest BCUT2D eigenvalue weighted by atomic mass is 16.7. The highest BCUT2D eigenvalue weighted by Crippen LogP contribution is 2.46. The number of ether oxygens (including phenoxy) is 2. The Bertz CT molecular complexity index is 503. The lowest BCUT2D eigenvalue weighted by Gasteiger charge is -2.42. The molecule has 118 valence electrons. The third kappa shape index (κ3) is 3.31. The van der Waals surface area contributed by atoms with Gasteiger partial charge in [-0.1, -0.05) is 39.8 Å². The van der Waals surface area contributed by atoms with E-state index < -0.39 is 0 Å². The van der Waals surface area contributed by atoms with Crippen LogP contribution >= 0.6 is 0 Å². The summed E-state index contributed by atoms with van der Waals surface area (Å²) in [6, 6.07) is 4.42. The van der Waals surface area contributed by atoms with Gasteiger partial charge < -0.3 is 14.6 Å². The summed E-state index contributed by atoms with van der Waals surface area (Å²) in [5, 5.41) is 9.69. The number of hydrogen-bond donors (Lipinski definition) is 1. The van der Waals surface area contributed by atoms with Gasteiger partial charge in [0.05, 0.1) is 13.2 Å². The zero-order valence-electron chi connectivity index (χ0n) is 14.0. The molecule has 1 N–H and O–H groups in total. The van der Waals surface area contributed by atoms with E-state index in [1.807, 2.05) is 0 Å². The van der Waals surface area contributed by atoms with Crippen molar-refractivity contribution in [1.82, 2.24) is 0 Å². The minimum Gasteiger partial charge on any atom is -0.392 e. The second-order valence-electron chi connectivity index (χ2n) is 7.35. The zero-order valence-corrected chi connectivity index (χ0v) is 14.0. The van der Waals surface area contributed by atoms with Crippen molar-refractivity contribution in [3.8, 4) is 0 Å². The fourth-order valence-corrected chi connectivity index (χ4v) is 3.22. The van der Waals surface area contributed by atoms with E-state index in [-0.39, 0.29) is 24.2 Å². The van der Waals surface area contributed by atoms with Crippen molar-refractivity contribution >= 4 is 0 Å². The van der Waals surface area contributed by atoms with Gasteiger partial charge in [0, 0.05) is 7.11 Å². The maximum Gasteiger partial charge on any atom is 0.146 e. The molecule has 0 amide bonds. The number of methoxy groups -OCH3 is 1. The Balaban J connectivity index is 2.46. The molecular weight excluding hydrogens is 264 g/mol. The van der Waals surface area contributed by atoms with E-state index in [1.54, 1.807) is 7.11 Å². The van der Waals surface area contributed by atoms with Crippen LogP contribution in [0.3, 0.4) is 0 Å². The molecule has 1 aliphatic carbocycles. The number of fused-ring (bicyclic) bond motifs is 1. The molecule has 0 heterocycles. The maximum atomic E-state index is 9.69. The highest BCUT2D eigenvalue weighted by molar-refractivity contribution is 5.47. The SMILES string of the molecule is COCOCc1cc2c(cc1CO)C(C)(C)CCC2(C)C. The summed E-state index contributed by atoms with van der Waals surface area (Å²) in [5.74, 6) is 0. The molecule has 0 aromatic heterocycles. The highest BCUT2D eigenvalue weighted by Gasteiger charge is 2.37. The van der Waals surface area contributed by atoms with Gasteiger partial charge in [0.2, 0.25) is 0 Å². The number of benzene rings is 1. The summed E-state index contributed by atoms with van der Waals surface area (Å²) in [6.07, 6.45) is 2.36. The van der Waals surface area contributed by atoms with Gasteiger partial charge in [0.1, 0.15) is 6.79 Å². The number of hydrogen-bond acceptors (Lipinski definition) is 3. The molecular formula is C18H28O3. The molecule has 2 rings (SSSR count). The van der Waals surface area contributed by atoms with Crippen LogP contribution in [0, 0.1) is 0 Å². The molecule has 0 aliphatic heterocycles. The van der Waals surface area contributed by atoms with Crippen LogP contribution in [0.25, 0.3) is 0 Å². The molecule has 3 nitrogen and oxygen atoms in total. The Hall–Kier alpha value is -0.900. The van der Waals surface area contributed by atoms with Gasteiger partial charge in [0.25, 0.3) is 0 Å². The molecule has 0 saturated heterocycles. The quantitative estimate of drug-likeness (QED) is 0.665. The Morgan fingerprint density at radius 1 is 1.00 bits per heavy atom. The minimum atomic E-state index is 0.0511. The lowest BCUT2D eigenvalue weighted by molar-refractivity contribution is -0.0395. The first-order valence-electron chi connectivity index (χ1n) is 7.66. The summed E-state index contributed by atoms with van der Waals surface area (Å²) >= 11 is 0. The van der Waals surface area contributed by atoms with Gasteiger partial charge in [-0.2, -0.15) is 0 Å². The van der Waals surface area contributed by atoms with Crippen LogP contribution in [0.4, 0.5) is 0 Å². The molecule has 0 atom stereocenters. The van der Waals surface area contributed by atoms with Crippen LogP contribution in [0.1, 0.15) is 62.8 Å². The standard InChI is InChI=1S/C18H28O3/c1-17(2)6-7-18(3,4)16-9-14(11-21-12-20-5)13(10-19)8-15(16)17/h8-9,19H,6-7,10-12H2,1-5H3. The van der Waals surface area contributed by atoms with E-state index >= 15 is 0 Å². The molecule has 0 radical (unpaired) electrons. The monoisotopic (exact) mass is 292 g/mol. The molecule has 0 spiro atoms. The molecule has 0 unspecified atom stereocenters. The number of aliphatic hydroxyl groups excluding tert-OH is 1. The predicted octanol–water partition coefficient (Wildman–Crippen LogP) is 3.65. The number of aliphatic hydroxyl groups is 1. The lowest BCUT2D eigenvalue weighted by atomic mass is 9.62.